The van der Waals surface area contributed by atoms with E-state index in [0.717, 1.165) is 15.6 Å². The van der Waals surface area contributed by atoms with Crippen molar-refractivity contribution in [2.75, 3.05) is 0 Å². The Morgan fingerprint density at radius 1 is 1.07 bits per heavy atom. The van der Waals surface area contributed by atoms with E-state index in [1.54, 1.807) is 0 Å². The Hall–Kier alpha value is -2.84. The van der Waals surface area contributed by atoms with Crippen molar-refractivity contribution >= 4 is 21.7 Å². The van der Waals surface area contributed by atoms with Crippen molar-refractivity contribution in [2.24, 2.45) is 5.73 Å². The van der Waals surface area contributed by atoms with Gasteiger partial charge in [0.15, 0.2) is 5.78 Å². The summed E-state index contributed by atoms with van der Waals surface area (Å²) in [6.07, 6.45) is 0.973. The quantitative estimate of drug-likeness (QED) is 0.766. The average molecular weight is 421 g/mol. The van der Waals surface area contributed by atoms with Gasteiger partial charge >= 0.3 is 0 Å². The van der Waals surface area contributed by atoms with Crippen molar-refractivity contribution in [1.82, 2.24) is 0 Å². The number of halogens is 1. The summed E-state index contributed by atoms with van der Waals surface area (Å²) in [5.74, 6) is 0.252. The van der Waals surface area contributed by atoms with E-state index in [1.807, 2.05) is 54.6 Å². The standard InChI is InChI=1S/C22H17BrN2O2/c23-16-8-4-7-14(9-16)15-10-18(26)21-19(11-15)27-22(25)17(12-24)20(21)13-5-2-1-3-6-13/h1-9,15,20H,10-11,25H2. The van der Waals surface area contributed by atoms with Crippen molar-refractivity contribution in [3.63, 3.8) is 0 Å². The maximum Gasteiger partial charge on any atom is 0.205 e. The summed E-state index contributed by atoms with van der Waals surface area (Å²) < 4.78 is 6.76. The van der Waals surface area contributed by atoms with Gasteiger partial charge in [0.05, 0.1) is 5.92 Å². The van der Waals surface area contributed by atoms with Gasteiger partial charge in [0, 0.05) is 22.9 Å². The highest BCUT2D eigenvalue weighted by molar-refractivity contribution is 9.10. The van der Waals surface area contributed by atoms with Crippen LogP contribution in [0.15, 0.2) is 81.9 Å². The van der Waals surface area contributed by atoms with Crippen LogP contribution in [-0.4, -0.2) is 5.78 Å². The van der Waals surface area contributed by atoms with Gasteiger partial charge in [-0.2, -0.15) is 5.26 Å². The molecule has 1 heterocycles. The van der Waals surface area contributed by atoms with Crippen molar-refractivity contribution in [1.29, 1.82) is 5.26 Å². The molecule has 4 rings (SSSR count). The first kappa shape index (κ1) is 17.6. The molecule has 0 bridgehead atoms. The van der Waals surface area contributed by atoms with Gasteiger partial charge in [0.2, 0.25) is 5.88 Å². The molecule has 27 heavy (non-hydrogen) atoms. The predicted molar refractivity (Wildman–Crippen MR) is 105 cm³/mol. The molecule has 5 heteroatoms. The second kappa shape index (κ2) is 7.05. The van der Waals surface area contributed by atoms with Gasteiger partial charge in [-0.25, -0.2) is 0 Å². The molecule has 4 nitrogen and oxygen atoms in total. The second-order valence-corrected chi connectivity index (χ2v) is 7.67. The minimum absolute atomic E-state index is 0.00956. The Balaban J connectivity index is 1.78. The lowest BCUT2D eigenvalue weighted by atomic mass is 9.74. The van der Waals surface area contributed by atoms with Gasteiger partial charge in [-0.3, -0.25) is 4.79 Å². The first-order valence-corrected chi connectivity index (χ1v) is 9.52. The molecule has 0 radical (unpaired) electrons. The van der Waals surface area contributed by atoms with Crippen LogP contribution >= 0.6 is 15.9 Å². The number of Topliss-reactive ketones (excluding diaryl/α,β-unsaturated/α-hetero) is 1. The molecule has 0 aromatic heterocycles. The average Bonchev–Trinajstić information content (AvgIpc) is 2.67. The lowest BCUT2D eigenvalue weighted by molar-refractivity contribution is -0.117. The van der Waals surface area contributed by atoms with Gasteiger partial charge in [0.25, 0.3) is 0 Å². The maximum absolute atomic E-state index is 13.1. The number of nitriles is 1. The minimum atomic E-state index is -0.462. The third-order valence-corrected chi connectivity index (χ3v) is 5.61. The summed E-state index contributed by atoms with van der Waals surface area (Å²) in [4.78, 5) is 13.1. The summed E-state index contributed by atoms with van der Waals surface area (Å²) in [5, 5.41) is 9.62. The van der Waals surface area contributed by atoms with Crippen LogP contribution in [0.3, 0.4) is 0 Å². The van der Waals surface area contributed by atoms with E-state index in [2.05, 4.69) is 22.0 Å². The maximum atomic E-state index is 13.1. The zero-order chi connectivity index (χ0) is 19.0. The Labute approximate surface area is 166 Å². The molecule has 0 spiro atoms. The molecule has 0 saturated carbocycles. The third kappa shape index (κ3) is 3.17. The summed E-state index contributed by atoms with van der Waals surface area (Å²) in [6, 6.07) is 19.6. The predicted octanol–water partition coefficient (Wildman–Crippen LogP) is 4.66. The Bertz CT molecular complexity index is 1020. The molecule has 0 saturated heterocycles. The number of ketones is 1. The van der Waals surface area contributed by atoms with Crippen molar-refractivity contribution in [3.8, 4) is 6.07 Å². The van der Waals surface area contributed by atoms with E-state index < -0.39 is 5.92 Å². The topological polar surface area (TPSA) is 76.1 Å². The SMILES string of the molecule is N#CC1=C(N)OC2=C(C(=O)CC(c3cccc(Br)c3)C2)C1c1ccccc1. The molecule has 2 aromatic rings. The van der Waals surface area contributed by atoms with Gasteiger partial charge in [-0.05, 0) is 29.2 Å². The molecule has 2 N–H and O–H groups in total. The zero-order valence-electron chi connectivity index (χ0n) is 14.5. The largest absolute Gasteiger partial charge is 0.444 e. The second-order valence-electron chi connectivity index (χ2n) is 6.76. The summed E-state index contributed by atoms with van der Waals surface area (Å²) in [7, 11) is 0. The minimum Gasteiger partial charge on any atom is -0.444 e. The lowest BCUT2D eigenvalue weighted by Crippen LogP contribution is -2.29. The first-order chi connectivity index (χ1) is 13.1. The highest BCUT2D eigenvalue weighted by atomic mass is 79.9. The number of nitrogens with two attached hydrogens (primary N) is 1. The van der Waals surface area contributed by atoms with E-state index >= 15 is 0 Å². The molecule has 1 aliphatic carbocycles. The molecule has 2 unspecified atom stereocenters. The van der Waals surface area contributed by atoms with Crippen molar-refractivity contribution in [3.05, 3.63) is 93.0 Å². The number of nitrogens with zero attached hydrogens (tertiary/aromatic N) is 1. The molecule has 0 fully saturated rings. The van der Waals surface area contributed by atoms with Crippen LogP contribution in [0.4, 0.5) is 0 Å². The fraction of sp³-hybridized carbons (Fsp3) is 0.182. The molecular weight excluding hydrogens is 404 g/mol. The fourth-order valence-electron chi connectivity index (χ4n) is 3.88. The smallest absolute Gasteiger partial charge is 0.205 e. The fourth-order valence-corrected chi connectivity index (χ4v) is 4.30. The number of carbonyl (C=O) groups is 1. The molecule has 0 amide bonds. The highest BCUT2D eigenvalue weighted by Gasteiger charge is 2.40. The summed E-state index contributed by atoms with van der Waals surface area (Å²) in [6.45, 7) is 0. The summed E-state index contributed by atoms with van der Waals surface area (Å²) in [5.41, 5.74) is 8.89. The van der Waals surface area contributed by atoms with Crippen LogP contribution in [0.5, 0.6) is 0 Å². The van der Waals surface area contributed by atoms with E-state index in [9.17, 15) is 10.1 Å². The molecular formula is C22H17BrN2O2. The van der Waals surface area contributed by atoms with Gasteiger partial charge in [0.1, 0.15) is 17.4 Å². The van der Waals surface area contributed by atoms with E-state index in [-0.39, 0.29) is 17.6 Å². The van der Waals surface area contributed by atoms with E-state index in [4.69, 9.17) is 10.5 Å². The zero-order valence-corrected chi connectivity index (χ0v) is 16.1. The highest BCUT2D eigenvalue weighted by Crippen LogP contribution is 2.46. The Kier molecular flexibility index (Phi) is 4.59. The van der Waals surface area contributed by atoms with Crippen LogP contribution < -0.4 is 5.73 Å². The monoisotopic (exact) mass is 420 g/mol. The Morgan fingerprint density at radius 3 is 2.52 bits per heavy atom. The first-order valence-electron chi connectivity index (χ1n) is 8.72. The van der Waals surface area contributed by atoms with Crippen LogP contribution in [0.1, 0.15) is 35.8 Å². The number of carbonyl (C=O) groups excluding carboxylic acids is 1. The van der Waals surface area contributed by atoms with Crippen LogP contribution in [-0.2, 0) is 9.53 Å². The molecule has 2 aromatic carbocycles. The van der Waals surface area contributed by atoms with Crippen molar-refractivity contribution in [2.45, 2.75) is 24.7 Å². The number of benzene rings is 2. The van der Waals surface area contributed by atoms with Gasteiger partial charge in [-0.1, -0.05) is 58.4 Å². The molecule has 134 valence electrons. The van der Waals surface area contributed by atoms with E-state index in [0.29, 0.717) is 29.7 Å². The van der Waals surface area contributed by atoms with Gasteiger partial charge in [-0.15, -0.1) is 0 Å². The number of rotatable bonds is 2. The van der Waals surface area contributed by atoms with Crippen LogP contribution in [0.25, 0.3) is 0 Å². The molecule has 2 aliphatic rings. The third-order valence-electron chi connectivity index (χ3n) is 5.11. The lowest BCUT2D eigenvalue weighted by Gasteiger charge is -2.34. The molecule has 2 atom stereocenters. The number of hydrogen-bond donors (Lipinski definition) is 1. The van der Waals surface area contributed by atoms with Crippen molar-refractivity contribution < 1.29 is 9.53 Å². The number of hydrogen-bond acceptors (Lipinski definition) is 4. The van der Waals surface area contributed by atoms with Crippen LogP contribution in [0.2, 0.25) is 0 Å². The van der Waals surface area contributed by atoms with Gasteiger partial charge < -0.3 is 10.5 Å². The number of allylic oxidation sites excluding steroid dienone is 3. The Morgan fingerprint density at radius 2 is 1.81 bits per heavy atom. The summed E-state index contributed by atoms with van der Waals surface area (Å²) >= 11 is 3.49. The molecule has 1 aliphatic heterocycles. The number of ether oxygens (including phenoxy) is 1. The van der Waals surface area contributed by atoms with E-state index in [1.165, 1.54) is 0 Å². The van der Waals surface area contributed by atoms with Crippen LogP contribution in [0, 0.1) is 11.3 Å². The normalized spacial score (nSPS) is 22.1.